The minimum atomic E-state index is -0.311. The third-order valence-corrected chi connectivity index (χ3v) is 6.05. The number of aliphatic hydroxyl groups excluding tert-OH is 1. The van der Waals surface area contributed by atoms with Crippen molar-refractivity contribution in [3.05, 3.63) is 20.8 Å². The lowest BCUT2D eigenvalue weighted by Gasteiger charge is -2.24. The van der Waals surface area contributed by atoms with E-state index in [1.165, 1.54) is 4.88 Å². The van der Waals surface area contributed by atoms with E-state index in [4.69, 9.17) is 5.73 Å². The van der Waals surface area contributed by atoms with Gasteiger partial charge in [-0.1, -0.05) is 6.92 Å². The Bertz CT molecular complexity index is 328. The maximum Gasteiger partial charge on any atom is 0.0701 e. The first-order valence-electron chi connectivity index (χ1n) is 5.26. The molecule has 1 rings (SSSR count). The van der Waals surface area contributed by atoms with Crippen molar-refractivity contribution in [1.29, 1.82) is 0 Å². The van der Waals surface area contributed by atoms with E-state index in [0.29, 0.717) is 0 Å². The predicted octanol–water partition coefficient (Wildman–Crippen LogP) is 3.40. The van der Waals surface area contributed by atoms with E-state index in [1.54, 1.807) is 23.1 Å². The lowest BCUT2D eigenvalue weighted by Crippen LogP contribution is -2.26. The monoisotopic (exact) mass is 323 g/mol. The molecule has 1 aromatic heterocycles. The van der Waals surface area contributed by atoms with Crippen molar-refractivity contribution in [3.8, 4) is 0 Å². The standard InChI is InChI=1S/C11H18BrNOS2/c1-6(13)11(15-8(3)7(2)14)9-4-5-10(12)16-9/h4-8,11,14H,13H2,1-3H3. The van der Waals surface area contributed by atoms with Gasteiger partial charge in [-0.05, 0) is 41.9 Å². The molecule has 0 aromatic carbocycles. The molecule has 92 valence electrons. The van der Waals surface area contributed by atoms with Gasteiger partial charge in [0.05, 0.1) is 15.1 Å². The Morgan fingerprint density at radius 2 is 2.00 bits per heavy atom. The molecular formula is C11H18BrNOS2. The average molecular weight is 324 g/mol. The Balaban J connectivity index is 2.76. The fourth-order valence-electron chi connectivity index (χ4n) is 1.28. The molecule has 4 unspecified atom stereocenters. The fraction of sp³-hybridized carbons (Fsp3) is 0.636. The van der Waals surface area contributed by atoms with Crippen LogP contribution < -0.4 is 5.73 Å². The van der Waals surface area contributed by atoms with Crippen molar-refractivity contribution in [2.75, 3.05) is 0 Å². The molecule has 1 heterocycles. The van der Waals surface area contributed by atoms with Gasteiger partial charge in [0, 0.05) is 16.2 Å². The van der Waals surface area contributed by atoms with Gasteiger partial charge in [0.1, 0.15) is 0 Å². The molecule has 1 aromatic rings. The summed E-state index contributed by atoms with van der Waals surface area (Å²) in [5.74, 6) is 0. The molecule has 0 bridgehead atoms. The molecule has 16 heavy (non-hydrogen) atoms. The molecule has 0 fully saturated rings. The quantitative estimate of drug-likeness (QED) is 0.872. The minimum absolute atomic E-state index is 0.0803. The largest absolute Gasteiger partial charge is 0.392 e. The summed E-state index contributed by atoms with van der Waals surface area (Å²) in [6, 6.07) is 4.23. The minimum Gasteiger partial charge on any atom is -0.392 e. The highest BCUT2D eigenvalue weighted by Crippen LogP contribution is 2.40. The third-order valence-electron chi connectivity index (χ3n) is 2.39. The molecule has 0 aliphatic carbocycles. The van der Waals surface area contributed by atoms with Crippen molar-refractivity contribution in [3.63, 3.8) is 0 Å². The molecular weight excluding hydrogens is 306 g/mol. The van der Waals surface area contributed by atoms with Crippen LogP contribution in [0.2, 0.25) is 0 Å². The summed E-state index contributed by atoms with van der Waals surface area (Å²) >= 11 is 6.92. The zero-order valence-corrected chi connectivity index (χ0v) is 12.9. The van der Waals surface area contributed by atoms with Crippen LogP contribution in [0.5, 0.6) is 0 Å². The van der Waals surface area contributed by atoms with Gasteiger partial charge in [0.2, 0.25) is 0 Å². The summed E-state index contributed by atoms with van der Waals surface area (Å²) in [5, 5.41) is 9.98. The first-order chi connectivity index (χ1) is 7.41. The number of hydrogen-bond donors (Lipinski definition) is 2. The number of thioether (sulfide) groups is 1. The molecule has 0 aliphatic heterocycles. The summed E-state index contributed by atoms with van der Waals surface area (Å²) in [4.78, 5) is 1.26. The lowest BCUT2D eigenvalue weighted by atomic mass is 10.2. The van der Waals surface area contributed by atoms with Gasteiger partial charge < -0.3 is 10.8 Å². The number of aliphatic hydroxyl groups is 1. The van der Waals surface area contributed by atoms with Crippen LogP contribution in [-0.2, 0) is 0 Å². The van der Waals surface area contributed by atoms with Crippen LogP contribution in [0.4, 0.5) is 0 Å². The summed E-state index contributed by atoms with van der Waals surface area (Å²) < 4.78 is 1.12. The Labute approximate surface area is 114 Å². The first kappa shape index (κ1) is 14.5. The van der Waals surface area contributed by atoms with Gasteiger partial charge in [0.15, 0.2) is 0 Å². The smallest absolute Gasteiger partial charge is 0.0701 e. The van der Waals surface area contributed by atoms with E-state index >= 15 is 0 Å². The molecule has 0 saturated heterocycles. The van der Waals surface area contributed by atoms with Crippen molar-refractivity contribution in [2.24, 2.45) is 5.73 Å². The predicted molar refractivity (Wildman–Crippen MR) is 77.1 cm³/mol. The highest BCUT2D eigenvalue weighted by molar-refractivity contribution is 9.11. The number of hydrogen-bond acceptors (Lipinski definition) is 4. The van der Waals surface area contributed by atoms with Gasteiger partial charge in [-0.25, -0.2) is 0 Å². The van der Waals surface area contributed by atoms with E-state index in [0.717, 1.165) is 3.79 Å². The second kappa shape index (κ2) is 6.40. The summed E-state index contributed by atoms with van der Waals surface area (Å²) in [5.41, 5.74) is 6.02. The van der Waals surface area contributed by atoms with Gasteiger partial charge in [-0.3, -0.25) is 0 Å². The highest BCUT2D eigenvalue weighted by Gasteiger charge is 2.23. The molecule has 0 aliphatic rings. The maximum atomic E-state index is 9.54. The Hall–Kier alpha value is 0.450. The third kappa shape index (κ3) is 4.04. The van der Waals surface area contributed by atoms with Crippen LogP contribution in [0.3, 0.4) is 0 Å². The topological polar surface area (TPSA) is 46.2 Å². The number of rotatable bonds is 5. The van der Waals surface area contributed by atoms with Crippen molar-refractivity contribution >= 4 is 39.0 Å². The molecule has 5 heteroatoms. The lowest BCUT2D eigenvalue weighted by molar-refractivity contribution is 0.196. The number of thiophene rings is 1. The normalized spacial score (nSPS) is 19.1. The number of nitrogens with two attached hydrogens (primary N) is 1. The van der Waals surface area contributed by atoms with Crippen molar-refractivity contribution in [2.45, 2.75) is 43.4 Å². The molecule has 0 spiro atoms. The van der Waals surface area contributed by atoms with E-state index in [-0.39, 0.29) is 22.6 Å². The van der Waals surface area contributed by atoms with Gasteiger partial charge in [-0.15, -0.1) is 23.1 Å². The molecule has 2 nitrogen and oxygen atoms in total. The Kier molecular flexibility index (Phi) is 5.81. The Morgan fingerprint density at radius 3 is 2.38 bits per heavy atom. The molecule has 0 amide bonds. The summed E-state index contributed by atoms with van der Waals surface area (Å²) in [6.45, 7) is 5.87. The average Bonchev–Trinajstić information content (AvgIpc) is 2.59. The zero-order chi connectivity index (χ0) is 12.3. The van der Waals surface area contributed by atoms with Crippen LogP contribution in [0.1, 0.15) is 30.9 Å². The maximum absolute atomic E-state index is 9.54. The van der Waals surface area contributed by atoms with Crippen LogP contribution >= 0.6 is 39.0 Å². The van der Waals surface area contributed by atoms with Gasteiger partial charge in [0.25, 0.3) is 0 Å². The van der Waals surface area contributed by atoms with E-state index in [2.05, 4.69) is 22.0 Å². The van der Waals surface area contributed by atoms with E-state index in [1.807, 2.05) is 26.8 Å². The van der Waals surface area contributed by atoms with E-state index in [9.17, 15) is 5.11 Å². The van der Waals surface area contributed by atoms with Crippen LogP contribution in [0.15, 0.2) is 15.9 Å². The Morgan fingerprint density at radius 1 is 1.38 bits per heavy atom. The molecule has 0 saturated carbocycles. The highest BCUT2D eigenvalue weighted by atomic mass is 79.9. The zero-order valence-electron chi connectivity index (χ0n) is 9.68. The first-order valence-corrected chi connectivity index (χ1v) is 7.81. The molecule has 3 N–H and O–H groups in total. The van der Waals surface area contributed by atoms with Gasteiger partial charge >= 0.3 is 0 Å². The second-order valence-electron chi connectivity index (χ2n) is 4.00. The molecule has 0 radical (unpaired) electrons. The van der Waals surface area contributed by atoms with Crippen molar-refractivity contribution < 1.29 is 5.11 Å². The summed E-state index contributed by atoms with van der Waals surface area (Å²) in [6.07, 6.45) is -0.311. The number of halogens is 1. The van der Waals surface area contributed by atoms with E-state index < -0.39 is 0 Å². The van der Waals surface area contributed by atoms with Crippen LogP contribution in [-0.4, -0.2) is 22.5 Å². The van der Waals surface area contributed by atoms with Crippen molar-refractivity contribution in [1.82, 2.24) is 0 Å². The van der Waals surface area contributed by atoms with Crippen LogP contribution in [0, 0.1) is 0 Å². The fourth-order valence-corrected chi connectivity index (χ4v) is 4.26. The van der Waals surface area contributed by atoms with Gasteiger partial charge in [-0.2, -0.15) is 0 Å². The SMILES string of the molecule is CC(N)C(SC(C)C(C)O)c1ccc(Br)s1. The molecule has 4 atom stereocenters. The summed E-state index contributed by atoms with van der Waals surface area (Å²) in [7, 11) is 0. The van der Waals surface area contributed by atoms with Crippen LogP contribution in [0.25, 0.3) is 0 Å². The second-order valence-corrected chi connectivity index (χ2v) is 8.02.